The molecule has 2 N–H and O–H groups in total. The first-order valence-electron chi connectivity index (χ1n) is 3.55. The van der Waals surface area contributed by atoms with Crippen molar-refractivity contribution in [2.75, 3.05) is 0 Å². The first-order valence-corrected chi connectivity index (χ1v) is 3.55. The van der Waals surface area contributed by atoms with E-state index in [0.29, 0.717) is 5.57 Å². The van der Waals surface area contributed by atoms with Crippen LogP contribution in [0.3, 0.4) is 0 Å². The maximum atomic E-state index is 10.3. The van der Waals surface area contributed by atoms with E-state index in [1.165, 1.54) is 0 Å². The second-order valence-corrected chi connectivity index (χ2v) is 2.98. The van der Waals surface area contributed by atoms with Gasteiger partial charge in [0, 0.05) is 17.4 Å². The Kier molecular flexibility index (Phi) is 1.26. The molecule has 0 aromatic rings. The van der Waals surface area contributed by atoms with Crippen LogP contribution >= 0.6 is 0 Å². The summed E-state index contributed by atoms with van der Waals surface area (Å²) >= 11 is 0. The van der Waals surface area contributed by atoms with E-state index in [9.17, 15) is 15.0 Å². The van der Waals surface area contributed by atoms with E-state index in [4.69, 9.17) is 0 Å². The molecule has 0 aromatic carbocycles. The van der Waals surface area contributed by atoms with E-state index < -0.39 is 12.2 Å². The summed E-state index contributed by atoms with van der Waals surface area (Å²) in [6.07, 6.45) is 1.90. The zero-order chi connectivity index (χ0) is 8.01. The molecule has 0 aromatic heterocycles. The molecule has 2 rings (SSSR count). The van der Waals surface area contributed by atoms with E-state index in [1.807, 2.05) is 0 Å². The normalized spacial score (nSPS) is 46.5. The number of aliphatic hydroxyl groups is 2. The summed E-state index contributed by atoms with van der Waals surface area (Å²) in [6.45, 7) is 0. The molecular weight excluding hydrogens is 144 g/mol. The third kappa shape index (κ3) is 0.676. The second-order valence-electron chi connectivity index (χ2n) is 2.98. The van der Waals surface area contributed by atoms with Crippen LogP contribution in [0.25, 0.3) is 0 Å². The highest BCUT2D eigenvalue weighted by Gasteiger charge is 2.47. The van der Waals surface area contributed by atoms with E-state index >= 15 is 0 Å². The molecule has 11 heavy (non-hydrogen) atoms. The predicted molar refractivity (Wildman–Crippen MR) is 37.3 cm³/mol. The van der Waals surface area contributed by atoms with Gasteiger partial charge in [-0.1, -0.05) is 12.2 Å². The molecule has 0 aliphatic heterocycles. The minimum absolute atomic E-state index is 0.285. The largest absolute Gasteiger partial charge is 0.389 e. The maximum Gasteiger partial charge on any atom is 0.124 e. The van der Waals surface area contributed by atoms with Crippen molar-refractivity contribution >= 4 is 5.94 Å². The van der Waals surface area contributed by atoms with E-state index in [0.717, 1.165) is 0 Å². The van der Waals surface area contributed by atoms with Gasteiger partial charge in [0.1, 0.15) is 5.94 Å². The van der Waals surface area contributed by atoms with Crippen molar-refractivity contribution in [2.45, 2.75) is 12.2 Å². The highest BCUT2D eigenvalue weighted by Crippen LogP contribution is 2.42. The molecule has 2 bridgehead atoms. The highest BCUT2D eigenvalue weighted by molar-refractivity contribution is 5.61. The average molecular weight is 152 g/mol. The molecule has 0 radical (unpaired) electrons. The summed E-state index contributed by atoms with van der Waals surface area (Å²) in [6, 6.07) is 0. The van der Waals surface area contributed by atoms with Crippen LogP contribution in [0.5, 0.6) is 0 Å². The monoisotopic (exact) mass is 152 g/mol. The van der Waals surface area contributed by atoms with Gasteiger partial charge in [-0.15, -0.1) is 0 Å². The SMILES string of the molecule is O=C=C1C2C=CC1C(O)C2O. The van der Waals surface area contributed by atoms with Gasteiger partial charge in [0.25, 0.3) is 0 Å². The van der Waals surface area contributed by atoms with Crippen LogP contribution in [0.2, 0.25) is 0 Å². The molecule has 2 aliphatic carbocycles. The van der Waals surface area contributed by atoms with Crippen LogP contribution in [0.1, 0.15) is 0 Å². The van der Waals surface area contributed by atoms with Crippen molar-refractivity contribution in [1.29, 1.82) is 0 Å². The smallest absolute Gasteiger partial charge is 0.124 e. The molecular formula is C8H8O3. The van der Waals surface area contributed by atoms with Crippen LogP contribution in [0.4, 0.5) is 0 Å². The van der Waals surface area contributed by atoms with Crippen molar-refractivity contribution in [3.05, 3.63) is 17.7 Å². The van der Waals surface area contributed by atoms with Crippen LogP contribution < -0.4 is 0 Å². The Morgan fingerprint density at radius 2 is 1.64 bits per heavy atom. The summed E-state index contributed by atoms with van der Waals surface area (Å²) in [5, 5.41) is 18.6. The second kappa shape index (κ2) is 2.05. The number of aliphatic hydroxyl groups excluding tert-OH is 2. The minimum Gasteiger partial charge on any atom is -0.389 e. The highest BCUT2D eigenvalue weighted by atomic mass is 16.3. The Morgan fingerprint density at radius 3 is 1.91 bits per heavy atom. The zero-order valence-electron chi connectivity index (χ0n) is 5.77. The molecule has 4 atom stereocenters. The van der Waals surface area contributed by atoms with Crippen molar-refractivity contribution in [3.63, 3.8) is 0 Å². The number of carbonyl (C=O) groups excluding carboxylic acids is 1. The Hall–Kier alpha value is -0.890. The molecule has 1 fully saturated rings. The Morgan fingerprint density at radius 1 is 1.18 bits per heavy atom. The summed E-state index contributed by atoms with van der Waals surface area (Å²) in [5.41, 5.74) is 0.491. The Bertz CT molecular complexity index is 243. The quantitative estimate of drug-likeness (QED) is 0.356. The Labute approximate surface area is 63.7 Å². The molecule has 58 valence electrons. The molecule has 2 aliphatic rings. The molecule has 0 heterocycles. The topological polar surface area (TPSA) is 57.5 Å². The molecule has 3 nitrogen and oxygen atoms in total. The van der Waals surface area contributed by atoms with Crippen LogP contribution in [-0.2, 0) is 4.79 Å². The summed E-state index contributed by atoms with van der Waals surface area (Å²) in [4.78, 5) is 10.3. The van der Waals surface area contributed by atoms with Gasteiger partial charge in [-0.05, 0) is 0 Å². The fourth-order valence-electron chi connectivity index (χ4n) is 1.83. The summed E-state index contributed by atoms with van der Waals surface area (Å²) in [5.74, 6) is 1.20. The predicted octanol–water partition coefficient (Wildman–Crippen LogP) is -0.718. The van der Waals surface area contributed by atoms with E-state index in [1.54, 1.807) is 18.1 Å². The fraction of sp³-hybridized carbons (Fsp3) is 0.500. The summed E-state index contributed by atoms with van der Waals surface area (Å²) in [7, 11) is 0. The van der Waals surface area contributed by atoms with Gasteiger partial charge < -0.3 is 10.2 Å². The number of rotatable bonds is 0. The van der Waals surface area contributed by atoms with Crippen molar-refractivity contribution in [1.82, 2.24) is 0 Å². The van der Waals surface area contributed by atoms with Gasteiger partial charge in [-0.2, -0.15) is 0 Å². The molecule has 0 amide bonds. The number of fused-ring (bicyclic) bond motifs is 2. The van der Waals surface area contributed by atoms with Crippen LogP contribution in [0, 0.1) is 11.8 Å². The molecule has 4 unspecified atom stereocenters. The fourth-order valence-corrected chi connectivity index (χ4v) is 1.83. The van der Waals surface area contributed by atoms with Crippen molar-refractivity contribution in [3.8, 4) is 0 Å². The maximum absolute atomic E-state index is 10.3. The number of hydrogen-bond donors (Lipinski definition) is 2. The van der Waals surface area contributed by atoms with Crippen molar-refractivity contribution < 1.29 is 15.0 Å². The summed E-state index contributed by atoms with van der Waals surface area (Å²) < 4.78 is 0. The molecule has 1 saturated carbocycles. The standard InChI is InChI=1S/C8H8O3/c9-3-6-4-1-2-5(6)8(11)7(4)10/h1-2,4-5,7-8,10-11H. The third-order valence-electron chi connectivity index (χ3n) is 2.45. The van der Waals surface area contributed by atoms with Gasteiger partial charge in [0.15, 0.2) is 0 Å². The van der Waals surface area contributed by atoms with Gasteiger partial charge in [-0.25, -0.2) is 4.79 Å². The van der Waals surface area contributed by atoms with Crippen LogP contribution in [0.15, 0.2) is 17.7 Å². The van der Waals surface area contributed by atoms with Gasteiger partial charge in [0.2, 0.25) is 0 Å². The zero-order valence-corrected chi connectivity index (χ0v) is 5.77. The van der Waals surface area contributed by atoms with Gasteiger partial charge >= 0.3 is 0 Å². The van der Waals surface area contributed by atoms with Gasteiger partial charge in [-0.3, -0.25) is 0 Å². The van der Waals surface area contributed by atoms with Crippen molar-refractivity contribution in [2.24, 2.45) is 11.8 Å². The first-order chi connectivity index (χ1) is 5.25. The average Bonchev–Trinajstić information content (AvgIpc) is 2.50. The molecule has 3 heteroatoms. The molecule has 0 saturated heterocycles. The van der Waals surface area contributed by atoms with E-state index in [-0.39, 0.29) is 11.8 Å². The lowest BCUT2D eigenvalue weighted by Crippen LogP contribution is -2.29. The number of hydrogen-bond acceptors (Lipinski definition) is 3. The first kappa shape index (κ1) is 6.80. The third-order valence-corrected chi connectivity index (χ3v) is 2.45. The Balaban J connectivity index is 2.45. The minimum atomic E-state index is -0.804. The molecule has 0 spiro atoms. The van der Waals surface area contributed by atoms with E-state index in [2.05, 4.69) is 0 Å². The van der Waals surface area contributed by atoms with Crippen LogP contribution in [-0.4, -0.2) is 28.4 Å². The lowest BCUT2D eigenvalue weighted by Gasteiger charge is -2.16. The lowest BCUT2D eigenvalue weighted by molar-refractivity contribution is 0.0135. The lowest BCUT2D eigenvalue weighted by atomic mass is 10.0. The van der Waals surface area contributed by atoms with Gasteiger partial charge in [0.05, 0.1) is 12.2 Å².